The van der Waals surface area contributed by atoms with Crippen molar-refractivity contribution in [2.75, 3.05) is 14.2 Å². The second-order valence-electron chi connectivity index (χ2n) is 5.33. The molecule has 0 radical (unpaired) electrons. The van der Waals surface area contributed by atoms with Gasteiger partial charge in [0.2, 0.25) is 0 Å². The van der Waals surface area contributed by atoms with E-state index in [0.29, 0.717) is 5.56 Å². The van der Waals surface area contributed by atoms with Gasteiger partial charge in [-0.2, -0.15) is 0 Å². The summed E-state index contributed by atoms with van der Waals surface area (Å²) in [6, 6.07) is 8.43. The first-order valence-electron chi connectivity index (χ1n) is 7.99. The standard InChI is InChI=1S/C20H19NO6/c1-25-18(22)10-13-21-11-8-15(9-12-21)17(20(24)26-2)14-27-19(23)16-6-4-3-5-7-16/h3-15H,1-2H3/b13-10+,17-14+. The van der Waals surface area contributed by atoms with E-state index in [1.165, 1.54) is 26.5 Å². The van der Waals surface area contributed by atoms with Gasteiger partial charge in [0.15, 0.2) is 0 Å². The molecule has 1 heterocycles. The molecule has 1 aromatic carbocycles. The van der Waals surface area contributed by atoms with E-state index in [9.17, 15) is 14.4 Å². The van der Waals surface area contributed by atoms with Crippen LogP contribution in [0.4, 0.5) is 0 Å². The Hall–Kier alpha value is -3.61. The summed E-state index contributed by atoms with van der Waals surface area (Å²) in [5, 5.41) is 0. The van der Waals surface area contributed by atoms with Gasteiger partial charge < -0.3 is 19.1 Å². The monoisotopic (exact) mass is 369 g/mol. The highest BCUT2D eigenvalue weighted by Crippen LogP contribution is 2.21. The first kappa shape index (κ1) is 19.7. The second kappa shape index (κ2) is 9.76. The average Bonchev–Trinajstić information content (AvgIpc) is 2.73. The summed E-state index contributed by atoms with van der Waals surface area (Å²) in [5.74, 6) is -2.14. The number of carbonyl (C=O) groups excluding carboxylic acids is 3. The zero-order valence-electron chi connectivity index (χ0n) is 14.9. The van der Waals surface area contributed by atoms with Gasteiger partial charge in [0, 0.05) is 30.6 Å². The SMILES string of the molecule is COC(=O)/C=C/N1C=CC(/C(=C\OC(=O)c2ccccc2)C(=O)OC)C=C1. The van der Waals surface area contributed by atoms with E-state index in [4.69, 9.17) is 9.47 Å². The average molecular weight is 369 g/mol. The number of hydrogen-bond donors (Lipinski definition) is 0. The normalized spacial score (nSPS) is 14.3. The van der Waals surface area contributed by atoms with Crippen LogP contribution in [0.2, 0.25) is 0 Å². The van der Waals surface area contributed by atoms with Gasteiger partial charge in [-0.15, -0.1) is 0 Å². The Morgan fingerprint density at radius 3 is 2.26 bits per heavy atom. The van der Waals surface area contributed by atoms with Gasteiger partial charge in [0.05, 0.1) is 25.4 Å². The molecule has 1 aliphatic rings. The molecule has 7 nitrogen and oxygen atoms in total. The maximum atomic E-state index is 12.1. The van der Waals surface area contributed by atoms with Crippen molar-refractivity contribution in [3.05, 3.63) is 84.6 Å². The fraction of sp³-hybridized carbons (Fsp3) is 0.150. The lowest BCUT2D eigenvalue weighted by atomic mass is 9.98. The van der Waals surface area contributed by atoms with Crippen molar-refractivity contribution >= 4 is 17.9 Å². The summed E-state index contributed by atoms with van der Waals surface area (Å²) < 4.78 is 14.4. The van der Waals surface area contributed by atoms with E-state index in [-0.39, 0.29) is 5.57 Å². The molecule has 0 amide bonds. The van der Waals surface area contributed by atoms with E-state index < -0.39 is 23.8 Å². The molecule has 7 heteroatoms. The Morgan fingerprint density at radius 2 is 1.67 bits per heavy atom. The van der Waals surface area contributed by atoms with Crippen molar-refractivity contribution in [3.8, 4) is 0 Å². The van der Waals surface area contributed by atoms with Gasteiger partial charge in [-0.3, -0.25) is 0 Å². The topological polar surface area (TPSA) is 82.1 Å². The zero-order chi connectivity index (χ0) is 19.6. The van der Waals surface area contributed by atoms with Crippen molar-refractivity contribution in [2.45, 2.75) is 0 Å². The number of allylic oxidation sites excluding steroid dienone is 2. The number of hydrogen-bond acceptors (Lipinski definition) is 7. The number of methoxy groups -OCH3 is 2. The summed E-state index contributed by atoms with van der Waals surface area (Å²) in [4.78, 5) is 36.8. The number of esters is 3. The molecule has 1 aromatic rings. The first-order chi connectivity index (χ1) is 13.0. The van der Waals surface area contributed by atoms with Crippen LogP contribution in [0.3, 0.4) is 0 Å². The smallest absolute Gasteiger partial charge is 0.342 e. The highest BCUT2D eigenvalue weighted by Gasteiger charge is 2.21. The molecule has 0 bridgehead atoms. The summed E-state index contributed by atoms with van der Waals surface area (Å²) in [6.45, 7) is 0. The van der Waals surface area contributed by atoms with Crippen molar-refractivity contribution in [3.63, 3.8) is 0 Å². The van der Waals surface area contributed by atoms with Crippen LogP contribution in [-0.4, -0.2) is 37.0 Å². The molecule has 0 fully saturated rings. The van der Waals surface area contributed by atoms with Crippen LogP contribution in [0.15, 0.2) is 79.0 Å². The summed E-state index contributed by atoms with van der Waals surface area (Å²) in [6.07, 6.45) is 10.6. The van der Waals surface area contributed by atoms with Gasteiger partial charge in [-0.1, -0.05) is 30.4 Å². The van der Waals surface area contributed by atoms with Crippen LogP contribution in [0, 0.1) is 5.92 Å². The third-order valence-corrected chi connectivity index (χ3v) is 3.60. The molecule has 2 rings (SSSR count). The number of carbonyl (C=O) groups is 3. The lowest BCUT2D eigenvalue weighted by molar-refractivity contribution is -0.136. The molecule has 0 atom stereocenters. The highest BCUT2D eigenvalue weighted by molar-refractivity contribution is 5.92. The highest BCUT2D eigenvalue weighted by atomic mass is 16.5. The second-order valence-corrected chi connectivity index (χ2v) is 5.33. The molecular formula is C20H19NO6. The van der Waals surface area contributed by atoms with Crippen LogP contribution in [0.25, 0.3) is 0 Å². The van der Waals surface area contributed by atoms with Gasteiger partial charge in [0.25, 0.3) is 0 Å². The van der Waals surface area contributed by atoms with Crippen LogP contribution in [0.1, 0.15) is 10.4 Å². The summed E-state index contributed by atoms with van der Waals surface area (Å²) in [5.41, 5.74) is 0.526. The molecule has 0 unspecified atom stereocenters. The van der Waals surface area contributed by atoms with Gasteiger partial charge >= 0.3 is 17.9 Å². The van der Waals surface area contributed by atoms with Crippen molar-refractivity contribution in [2.24, 2.45) is 5.92 Å². The molecule has 0 saturated heterocycles. The van der Waals surface area contributed by atoms with Gasteiger partial charge in [0.1, 0.15) is 6.26 Å². The molecule has 0 N–H and O–H groups in total. The minimum atomic E-state index is -0.617. The number of ether oxygens (including phenoxy) is 3. The lowest BCUT2D eigenvalue weighted by Gasteiger charge is -2.19. The predicted octanol–water partition coefficient (Wildman–Crippen LogP) is 2.55. The predicted molar refractivity (Wildman–Crippen MR) is 96.7 cm³/mol. The van der Waals surface area contributed by atoms with E-state index in [1.807, 2.05) is 0 Å². The van der Waals surface area contributed by atoms with E-state index in [1.54, 1.807) is 59.8 Å². The molecular weight excluding hydrogens is 350 g/mol. The van der Waals surface area contributed by atoms with Crippen molar-refractivity contribution in [1.82, 2.24) is 4.90 Å². The van der Waals surface area contributed by atoms with Crippen LogP contribution in [0.5, 0.6) is 0 Å². The third-order valence-electron chi connectivity index (χ3n) is 3.60. The Labute approximate surface area is 156 Å². The van der Waals surface area contributed by atoms with Gasteiger partial charge in [-0.05, 0) is 12.1 Å². The Balaban J connectivity index is 2.10. The minimum Gasteiger partial charge on any atom is -0.466 e. The van der Waals surface area contributed by atoms with Crippen LogP contribution in [-0.2, 0) is 23.8 Å². The van der Waals surface area contributed by atoms with Crippen LogP contribution >= 0.6 is 0 Å². The molecule has 0 aliphatic carbocycles. The molecule has 27 heavy (non-hydrogen) atoms. The summed E-state index contributed by atoms with van der Waals surface area (Å²) in [7, 11) is 2.53. The molecule has 0 spiro atoms. The lowest BCUT2D eigenvalue weighted by Crippen LogP contribution is -2.17. The van der Waals surface area contributed by atoms with Crippen LogP contribution < -0.4 is 0 Å². The molecule has 0 aromatic heterocycles. The Bertz CT molecular complexity index is 793. The number of benzene rings is 1. The quantitative estimate of drug-likeness (QED) is 0.330. The number of nitrogens with zero attached hydrogens (tertiary/aromatic N) is 1. The van der Waals surface area contributed by atoms with E-state index >= 15 is 0 Å². The fourth-order valence-electron chi connectivity index (χ4n) is 2.16. The summed E-state index contributed by atoms with van der Waals surface area (Å²) >= 11 is 0. The third kappa shape index (κ3) is 5.71. The maximum absolute atomic E-state index is 12.1. The Kier molecular flexibility index (Phi) is 7.13. The number of rotatable bonds is 6. The van der Waals surface area contributed by atoms with E-state index in [0.717, 1.165) is 6.26 Å². The largest absolute Gasteiger partial charge is 0.466 e. The molecule has 1 aliphatic heterocycles. The fourth-order valence-corrected chi connectivity index (χ4v) is 2.16. The molecule has 0 saturated carbocycles. The van der Waals surface area contributed by atoms with Gasteiger partial charge in [-0.25, -0.2) is 14.4 Å². The maximum Gasteiger partial charge on any atom is 0.342 e. The van der Waals surface area contributed by atoms with Crippen molar-refractivity contribution in [1.29, 1.82) is 0 Å². The van der Waals surface area contributed by atoms with E-state index in [2.05, 4.69) is 4.74 Å². The minimum absolute atomic E-state index is 0.158. The Morgan fingerprint density at radius 1 is 1.00 bits per heavy atom. The molecule has 140 valence electrons. The first-order valence-corrected chi connectivity index (χ1v) is 7.99. The van der Waals surface area contributed by atoms with Crippen molar-refractivity contribution < 1.29 is 28.6 Å². The zero-order valence-corrected chi connectivity index (χ0v) is 14.9.